The van der Waals surface area contributed by atoms with E-state index in [0.717, 1.165) is 27.8 Å². The van der Waals surface area contributed by atoms with Crippen LogP contribution in [0.3, 0.4) is 0 Å². The zero-order chi connectivity index (χ0) is 29.2. The number of nitrogens with two attached hydrogens (primary N) is 1. The number of hydrogen-bond donors (Lipinski definition) is 2. The van der Waals surface area contributed by atoms with Crippen molar-refractivity contribution in [2.45, 2.75) is 56.9 Å². The number of benzene rings is 2. The molecule has 1 saturated heterocycles. The first-order chi connectivity index (χ1) is 19.8. The van der Waals surface area contributed by atoms with Crippen molar-refractivity contribution >= 4 is 6.16 Å². The first-order valence-corrected chi connectivity index (χ1v) is 13.7. The third kappa shape index (κ3) is 3.85. The highest BCUT2D eigenvalue weighted by molar-refractivity contribution is 5.72. The Morgan fingerprint density at radius 2 is 2.00 bits per heavy atom. The van der Waals surface area contributed by atoms with Gasteiger partial charge in [0.25, 0.3) is 0 Å². The number of likely N-dealkylation sites (N-methyl/N-ethyl adjacent to an activating group) is 1. The maximum atomic E-state index is 12.7. The van der Waals surface area contributed by atoms with E-state index in [1.165, 1.54) is 6.08 Å². The van der Waals surface area contributed by atoms with E-state index in [1.54, 1.807) is 7.11 Å². The lowest BCUT2D eigenvalue weighted by Gasteiger charge is -2.59. The minimum Gasteiger partial charge on any atom is -0.504 e. The number of carbonyl (C=O) groups is 1. The molecule has 4 aliphatic heterocycles. The first kappa shape index (κ1) is 27.2. The van der Waals surface area contributed by atoms with Crippen molar-refractivity contribution < 1.29 is 33.6 Å². The molecular formula is C30H34N4O7. The lowest BCUT2D eigenvalue weighted by molar-refractivity contribution is -0.0710. The Hall–Kier alpha value is -3.98. The molecule has 3 N–H and O–H groups in total. The fourth-order valence-electron chi connectivity index (χ4n) is 7.44. The highest BCUT2D eigenvalue weighted by Gasteiger charge is 2.56. The second-order valence-corrected chi connectivity index (χ2v) is 10.9. The molecular weight excluding hydrogens is 528 g/mol. The number of rotatable bonds is 5. The molecule has 4 heterocycles. The Balaban J connectivity index is 1.57. The summed E-state index contributed by atoms with van der Waals surface area (Å²) in [6.45, 7) is 7.50. The predicted molar refractivity (Wildman–Crippen MR) is 147 cm³/mol. The highest BCUT2D eigenvalue weighted by atomic mass is 16.7. The number of phenols is 1. The minimum atomic E-state index is -0.864. The molecule has 0 radical (unpaired) electrons. The average Bonchev–Trinajstić information content (AvgIpc) is 3.44. The van der Waals surface area contributed by atoms with E-state index in [9.17, 15) is 15.2 Å². The van der Waals surface area contributed by atoms with Crippen LogP contribution in [-0.2, 0) is 17.6 Å². The number of hydrogen-bond acceptors (Lipinski definition) is 11. The Labute approximate surface area is 238 Å². The highest BCUT2D eigenvalue weighted by Crippen LogP contribution is 2.58. The lowest BCUT2D eigenvalue weighted by atomic mass is 9.71. The molecule has 0 saturated carbocycles. The van der Waals surface area contributed by atoms with Crippen LogP contribution in [0.25, 0.3) is 0 Å². The number of piperazine rings is 1. The molecule has 41 heavy (non-hydrogen) atoms. The second-order valence-electron chi connectivity index (χ2n) is 10.9. The quantitative estimate of drug-likeness (QED) is 0.315. The molecule has 11 nitrogen and oxygen atoms in total. The monoisotopic (exact) mass is 562 g/mol. The van der Waals surface area contributed by atoms with Crippen LogP contribution in [0.2, 0.25) is 0 Å². The van der Waals surface area contributed by atoms with Gasteiger partial charge in [0.1, 0.15) is 18.4 Å². The van der Waals surface area contributed by atoms with E-state index in [0.29, 0.717) is 41.4 Å². The van der Waals surface area contributed by atoms with Crippen molar-refractivity contribution in [3.8, 4) is 34.8 Å². The number of aryl methyl sites for hydroxylation is 1. The van der Waals surface area contributed by atoms with Crippen molar-refractivity contribution in [2.24, 2.45) is 5.73 Å². The topological polar surface area (TPSA) is 140 Å². The van der Waals surface area contributed by atoms with Gasteiger partial charge in [-0.15, -0.1) is 0 Å². The molecule has 6 rings (SSSR count). The third-order valence-corrected chi connectivity index (χ3v) is 8.99. The third-order valence-electron chi connectivity index (χ3n) is 8.99. The van der Waals surface area contributed by atoms with Gasteiger partial charge in [0, 0.05) is 40.9 Å². The number of aromatic hydroxyl groups is 1. The summed E-state index contributed by atoms with van der Waals surface area (Å²) in [6, 6.07) is 2.95. The number of phenolic OH excluding ortho intramolecular Hbond substituents is 1. The maximum Gasteiger partial charge on any atom is 0.514 e. The van der Waals surface area contributed by atoms with Gasteiger partial charge in [0.2, 0.25) is 6.79 Å². The molecule has 5 atom stereocenters. The summed E-state index contributed by atoms with van der Waals surface area (Å²) >= 11 is 0. The van der Waals surface area contributed by atoms with E-state index < -0.39 is 18.2 Å². The molecule has 2 aromatic rings. The van der Waals surface area contributed by atoms with Gasteiger partial charge in [-0.2, -0.15) is 5.26 Å². The summed E-state index contributed by atoms with van der Waals surface area (Å²) in [5.41, 5.74) is 11.2. The van der Waals surface area contributed by atoms with Gasteiger partial charge in [0.05, 0.1) is 25.3 Å². The normalized spacial score (nSPS) is 25.8. The number of nitrogens with zero attached hydrogens (tertiary/aromatic N) is 3. The number of nitriles is 1. The smallest absolute Gasteiger partial charge is 0.504 e. The van der Waals surface area contributed by atoms with E-state index in [2.05, 4.69) is 28.5 Å². The van der Waals surface area contributed by atoms with Crippen LogP contribution in [0, 0.1) is 25.2 Å². The van der Waals surface area contributed by atoms with Crippen LogP contribution in [0.4, 0.5) is 4.79 Å². The molecule has 0 aromatic heterocycles. The summed E-state index contributed by atoms with van der Waals surface area (Å²) in [5, 5.41) is 22.1. The second kappa shape index (κ2) is 10.1. The predicted octanol–water partition coefficient (Wildman–Crippen LogP) is 3.18. The summed E-state index contributed by atoms with van der Waals surface area (Å²) in [6.07, 6.45) is 1.58. The number of fused-ring (bicyclic) bond motifs is 9. The average molecular weight is 563 g/mol. The molecule has 2 unspecified atom stereocenters. The van der Waals surface area contributed by atoms with E-state index >= 15 is 0 Å². The SMILES string of the molecule is C=CCOC(=O)Oc1c(C)c2c(c3c1C[C@H]1C4c5c(cc(C)c(OC)c5O)CC([C@H](C#N)N1[C@H]3CN)N4C)OCO2. The maximum absolute atomic E-state index is 12.7. The Morgan fingerprint density at radius 1 is 1.24 bits per heavy atom. The Kier molecular flexibility index (Phi) is 6.72. The van der Waals surface area contributed by atoms with Crippen LogP contribution in [0.15, 0.2) is 18.7 Å². The minimum absolute atomic E-state index is 0.00185. The molecule has 0 aliphatic carbocycles. The molecule has 0 spiro atoms. The van der Waals surface area contributed by atoms with Crippen molar-refractivity contribution in [3.05, 3.63) is 52.1 Å². The van der Waals surface area contributed by atoms with Gasteiger partial charge in [-0.05, 0) is 44.9 Å². The summed E-state index contributed by atoms with van der Waals surface area (Å²) < 4.78 is 28.4. The van der Waals surface area contributed by atoms with Gasteiger partial charge in [-0.25, -0.2) is 4.79 Å². The molecule has 2 aromatic carbocycles. The summed E-state index contributed by atoms with van der Waals surface area (Å²) in [7, 11) is 3.54. The Morgan fingerprint density at radius 3 is 2.68 bits per heavy atom. The van der Waals surface area contributed by atoms with Gasteiger partial charge in [-0.1, -0.05) is 18.7 Å². The van der Waals surface area contributed by atoms with Crippen LogP contribution in [-0.4, -0.2) is 73.3 Å². The summed E-state index contributed by atoms with van der Waals surface area (Å²) in [4.78, 5) is 17.0. The van der Waals surface area contributed by atoms with E-state index in [1.807, 2.05) is 20.9 Å². The molecule has 1 fully saturated rings. The van der Waals surface area contributed by atoms with Crippen LogP contribution in [0.5, 0.6) is 28.7 Å². The molecule has 216 valence electrons. The number of ether oxygens (including phenoxy) is 5. The van der Waals surface area contributed by atoms with Crippen LogP contribution >= 0.6 is 0 Å². The molecule has 0 amide bonds. The van der Waals surface area contributed by atoms with Crippen molar-refractivity contribution in [3.63, 3.8) is 0 Å². The van der Waals surface area contributed by atoms with Crippen molar-refractivity contribution in [1.82, 2.24) is 9.80 Å². The molecule has 2 bridgehead atoms. The largest absolute Gasteiger partial charge is 0.514 e. The van der Waals surface area contributed by atoms with Crippen molar-refractivity contribution in [1.29, 1.82) is 5.26 Å². The Bertz CT molecular complexity index is 1480. The first-order valence-electron chi connectivity index (χ1n) is 13.7. The summed E-state index contributed by atoms with van der Waals surface area (Å²) in [5.74, 6) is 1.91. The van der Waals surface area contributed by atoms with Crippen LogP contribution in [0.1, 0.15) is 45.5 Å². The van der Waals surface area contributed by atoms with Gasteiger partial charge >= 0.3 is 6.16 Å². The van der Waals surface area contributed by atoms with Crippen molar-refractivity contribution in [2.75, 3.05) is 34.1 Å². The molecule has 4 aliphatic rings. The molecule has 11 heteroatoms. The number of carbonyl (C=O) groups excluding carboxylic acids is 1. The van der Waals surface area contributed by atoms with E-state index in [4.69, 9.17) is 29.4 Å². The van der Waals surface area contributed by atoms with E-state index in [-0.39, 0.29) is 43.8 Å². The van der Waals surface area contributed by atoms with Crippen LogP contribution < -0.4 is 24.7 Å². The van der Waals surface area contributed by atoms with Gasteiger partial charge < -0.3 is 34.5 Å². The fourth-order valence-corrected chi connectivity index (χ4v) is 7.44. The van der Waals surface area contributed by atoms with Gasteiger partial charge in [0.15, 0.2) is 23.0 Å². The van der Waals surface area contributed by atoms with Gasteiger partial charge in [-0.3, -0.25) is 9.80 Å². The standard InChI is InChI=1S/C30H34N4O7/c1-6-7-38-30(36)41-27-15(3)28-29(40-13-39-28)23-17(27)10-19-24-22-16(8-14(2)26(37-5)25(22)35)9-18(33(24)4)20(11-31)34(19)21(23)12-32/h6,8,18-21,24,35H,1,7,9-10,12-13,32H2,2-5H3/t18?,19-,20-,21-,24?/m0/s1. The zero-order valence-corrected chi connectivity index (χ0v) is 23.6. The zero-order valence-electron chi connectivity index (χ0n) is 23.6. The fraction of sp³-hybridized carbons (Fsp3) is 0.467. The number of methoxy groups -OCH3 is 1. The lowest BCUT2D eigenvalue weighted by Crippen LogP contribution is -2.68.